The van der Waals surface area contributed by atoms with Crippen LogP contribution in [0.25, 0.3) is 0 Å². The van der Waals surface area contributed by atoms with Crippen molar-refractivity contribution >= 4 is 5.78 Å². The lowest BCUT2D eigenvalue weighted by atomic mass is 9.94. The van der Waals surface area contributed by atoms with Crippen LogP contribution in [0.2, 0.25) is 0 Å². The zero-order valence-corrected chi connectivity index (χ0v) is 11.0. The van der Waals surface area contributed by atoms with Crippen LogP contribution in [0.5, 0.6) is 0 Å². The number of rotatable bonds is 9. The number of carbonyl (C=O) groups is 1. The molecule has 0 N–H and O–H groups in total. The molecule has 0 radical (unpaired) electrons. The molecule has 0 fully saturated rings. The Labute approximate surface area is 95.6 Å². The number of unbranched alkanes of at least 4 members (excludes halogenated alkanes) is 2. The predicted molar refractivity (Wildman–Crippen MR) is 67.0 cm³/mol. The molecular formula is C14H28O. The molecule has 0 aromatic rings. The van der Waals surface area contributed by atoms with E-state index >= 15 is 0 Å². The molecule has 0 amide bonds. The fraction of sp³-hybridized carbons (Fsp3) is 0.929. The van der Waals surface area contributed by atoms with Crippen LogP contribution in [0.4, 0.5) is 0 Å². The van der Waals surface area contributed by atoms with Crippen molar-refractivity contribution in [1.82, 2.24) is 0 Å². The fourth-order valence-electron chi connectivity index (χ4n) is 1.81. The van der Waals surface area contributed by atoms with E-state index in [-0.39, 0.29) is 0 Å². The molecule has 1 nitrogen and oxygen atoms in total. The Morgan fingerprint density at radius 3 is 2.13 bits per heavy atom. The van der Waals surface area contributed by atoms with Crippen LogP contribution in [0.1, 0.15) is 72.6 Å². The molecule has 90 valence electrons. The third kappa shape index (κ3) is 11.6. The molecule has 1 unspecified atom stereocenters. The van der Waals surface area contributed by atoms with Crippen molar-refractivity contribution in [1.29, 1.82) is 0 Å². The highest BCUT2D eigenvalue weighted by atomic mass is 16.1. The van der Waals surface area contributed by atoms with E-state index < -0.39 is 0 Å². The topological polar surface area (TPSA) is 17.1 Å². The highest BCUT2D eigenvalue weighted by Crippen LogP contribution is 2.18. The summed E-state index contributed by atoms with van der Waals surface area (Å²) in [7, 11) is 0. The molecular weight excluding hydrogens is 184 g/mol. The Bertz CT molecular complexity index is 161. The summed E-state index contributed by atoms with van der Waals surface area (Å²) in [5, 5.41) is 0. The molecule has 1 heteroatoms. The van der Waals surface area contributed by atoms with Gasteiger partial charge < -0.3 is 4.79 Å². The van der Waals surface area contributed by atoms with Gasteiger partial charge in [0.25, 0.3) is 0 Å². The highest BCUT2D eigenvalue weighted by Gasteiger charge is 2.03. The molecule has 0 rings (SSSR count). The van der Waals surface area contributed by atoms with E-state index in [2.05, 4.69) is 20.8 Å². The summed E-state index contributed by atoms with van der Waals surface area (Å²) in [6.07, 6.45) is 8.45. The van der Waals surface area contributed by atoms with Crippen molar-refractivity contribution in [3.63, 3.8) is 0 Å². The highest BCUT2D eigenvalue weighted by molar-refractivity contribution is 5.75. The molecule has 0 heterocycles. The van der Waals surface area contributed by atoms with Crippen molar-refractivity contribution in [2.24, 2.45) is 11.8 Å². The van der Waals surface area contributed by atoms with Crippen molar-refractivity contribution in [2.75, 3.05) is 0 Å². The number of ketones is 1. The number of carbonyl (C=O) groups excluding carboxylic acids is 1. The number of hydrogen-bond donors (Lipinski definition) is 0. The summed E-state index contributed by atoms with van der Waals surface area (Å²) in [4.78, 5) is 10.7. The van der Waals surface area contributed by atoms with Crippen LogP contribution >= 0.6 is 0 Å². The van der Waals surface area contributed by atoms with Gasteiger partial charge in [0.1, 0.15) is 5.78 Å². The first-order valence-corrected chi connectivity index (χ1v) is 6.51. The molecule has 0 saturated carbocycles. The van der Waals surface area contributed by atoms with Crippen LogP contribution in [0.15, 0.2) is 0 Å². The molecule has 1 atom stereocenters. The second-order valence-corrected chi connectivity index (χ2v) is 5.38. The molecule has 0 saturated heterocycles. The van der Waals surface area contributed by atoms with Gasteiger partial charge in [-0.2, -0.15) is 0 Å². The van der Waals surface area contributed by atoms with E-state index in [4.69, 9.17) is 0 Å². The zero-order valence-electron chi connectivity index (χ0n) is 11.0. The second-order valence-electron chi connectivity index (χ2n) is 5.38. The molecule has 0 aliphatic carbocycles. The van der Waals surface area contributed by atoms with E-state index in [0.717, 1.165) is 24.7 Å². The van der Waals surface area contributed by atoms with Gasteiger partial charge in [-0.25, -0.2) is 0 Å². The molecule has 0 aliphatic rings. The van der Waals surface area contributed by atoms with Crippen LogP contribution < -0.4 is 0 Å². The molecule has 0 aromatic carbocycles. The van der Waals surface area contributed by atoms with Gasteiger partial charge in [-0.3, -0.25) is 0 Å². The minimum absolute atomic E-state index is 0.336. The first-order chi connectivity index (χ1) is 7.02. The summed E-state index contributed by atoms with van der Waals surface area (Å²) in [6.45, 7) is 8.62. The van der Waals surface area contributed by atoms with Crippen molar-refractivity contribution in [3.05, 3.63) is 0 Å². The van der Waals surface area contributed by atoms with E-state index in [0.29, 0.717) is 5.78 Å². The summed E-state index contributed by atoms with van der Waals surface area (Å²) in [5.74, 6) is 2.04. The summed E-state index contributed by atoms with van der Waals surface area (Å²) >= 11 is 0. The monoisotopic (exact) mass is 212 g/mol. The van der Waals surface area contributed by atoms with Gasteiger partial charge >= 0.3 is 0 Å². The maximum Gasteiger partial charge on any atom is 0.129 e. The maximum atomic E-state index is 10.7. The minimum atomic E-state index is 0.336. The Morgan fingerprint density at radius 2 is 1.60 bits per heavy atom. The Hall–Kier alpha value is -0.330. The lowest BCUT2D eigenvalue weighted by molar-refractivity contribution is -0.117. The first kappa shape index (κ1) is 14.7. The summed E-state index contributed by atoms with van der Waals surface area (Å²) in [5.41, 5.74) is 0. The third-order valence-corrected chi connectivity index (χ3v) is 2.96. The van der Waals surface area contributed by atoms with Crippen molar-refractivity contribution in [3.8, 4) is 0 Å². The molecule has 0 spiro atoms. The van der Waals surface area contributed by atoms with Gasteiger partial charge in [0, 0.05) is 6.42 Å². The summed E-state index contributed by atoms with van der Waals surface area (Å²) in [6, 6.07) is 0. The molecule has 0 aromatic heterocycles. The SMILES string of the molecule is CC(=O)CCCCCC(C)CCC(C)C. The Kier molecular flexibility index (Phi) is 8.74. The smallest absolute Gasteiger partial charge is 0.129 e. The van der Waals surface area contributed by atoms with E-state index in [1.807, 2.05) is 0 Å². The maximum absolute atomic E-state index is 10.7. The van der Waals surface area contributed by atoms with Crippen LogP contribution in [-0.2, 0) is 4.79 Å². The summed E-state index contributed by atoms with van der Waals surface area (Å²) < 4.78 is 0. The lowest BCUT2D eigenvalue weighted by Gasteiger charge is -2.12. The lowest BCUT2D eigenvalue weighted by Crippen LogP contribution is -1.98. The van der Waals surface area contributed by atoms with E-state index in [1.165, 1.54) is 32.1 Å². The molecule has 0 aliphatic heterocycles. The van der Waals surface area contributed by atoms with Crippen LogP contribution in [0.3, 0.4) is 0 Å². The van der Waals surface area contributed by atoms with Gasteiger partial charge in [-0.15, -0.1) is 0 Å². The van der Waals surface area contributed by atoms with Gasteiger partial charge in [0.05, 0.1) is 0 Å². The largest absolute Gasteiger partial charge is 0.300 e. The third-order valence-electron chi connectivity index (χ3n) is 2.96. The quantitative estimate of drug-likeness (QED) is 0.511. The van der Waals surface area contributed by atoms with Gasteiger partial charge in [-0.1, -0.05) is 52.9 Å². The van der Waals surface area contributed by atoms with Crippen LogP contribution in [-0.4, -0.2) is 5.78 Å². The number of hydrogen-bond acceptors (Lipinski definition) is 1. The predicted octanol–water partition coefficient (Wildman–Crippen LogP) is 4.60. The van der Waals surface area contributed by atoms with Gasteiger partial charge in [0.15, 0.2) is 0 Å². The minimum Gasteiger partial charge on any atom is -0.300 e. The number of Topliss-reactive ketones (excluding diaryl/α,β-unsaturated/α-hetero) is 1. The normalized spacial score (nSPS) is 13.1. The standard InChI is InChI=1S/C14H28O/c1-12(2)10-11-13(3)8-6-5-7-9-14(4)15/h12-13H,5-11H2,1-4H3. The zero-order chi connectivity index (χ0) is 11.7. The average molecular weight is 212 g/mol. The first-order valence-electron chi connectivity index (χ1n) is 6.51. The average Bonchev–Trinajstić information content (AvgIpc) is 2.13. The molecule has 15 heavy (non-hydrogen) atoms. The molecule has 0 bridgehead atoms. The van der Waals surface area contributed by atoms with E-state index in [1.54, 1.807) is 6.92 Å². The Morgan fingerprint density at radius 1 is 0.933 bits per heavy atom. The second kappa shape index (κ2) is 8.94. The van der Waals surface area contributed by atoms with Crippen molar-refractivity contribution < 1.29 is 4.79 Å². The van der Waals surface area contributed by atoms with Crippen LogP contribution in [0, 0.1) is 11.8 Å². The Balaban J connectivity index is 3.23. The van der Waals surface area contributed by atoms with Crippen molar-refractivity contribution in [2.45, 2.75) is 72.6 Å². The van der Waals surface area contributed by atoms with Gasteiger partial charge in [-0.05, 0) is 25.2 Å². The van der Waals surface area contributed by atoms with Gasteiger partial charge in [0.2, 0.25) is 0 Å². The van der Waals surface area contributed by atoms with E-state index in [9.17, 15) is 4.79 Å². The fourth-order valence-corrected chi connectivity index (χ4v) is 1.81.